The normalized spacial score (nSPS) is 20.1. The number of ether oxygens (including phenoxy) is 1. The molecule has 1 N–H and O–H groups in total. The second kappa shape index (κ2) is 10.5. The van der Waals surface area contributed by atoms with Crippen LogP contribution in [0.15, 0.2) is 29.2 Å². The molecule has 11 heteroatoms. The average molecular weight is 519 g/mol. The molecule has 0 bridgehead atoms. The molecule has 0 radical (unpaired) electrons. The van der Waals surface area contributed by atoms with Crippen molar-refractivity contribution in [2.24, 2.45) is 0 Å². The number of rotatable bonds is 8. The maximum absolute atomic E-state index is 14.1. The number of benzene rings is 1. The molecule has 1 fully saturated rings. The van der Waals surface area contributed by atoms with E-state index < -0.39 is 22.8 Å². The van der Waals surface area contributed by atoms with E-state index >= 15 is 0 Å². The first kappa shape index (κ1) is 26.1. The number of hydrogen-bond donors (Lipinski definition) is 1. The van der Waals surface area contributed by atoms with E-state index in [1.807, 2.05) is 14.1 Å². The van der Waals surface area contributed by atoms with E-state index in [1.165, 1.54) is 12.3 Å². The number of likely N-dealkylation sites (N-methyl/N-ethyl adjacent to an activating group) is 1. The first-order valence-corrected chi connectivity index (χ1v) is 12.4. The van der Waals surface area contributed by atoms with Gasteiger partial charge in [0.1, 0.15) is 22.3 Å². The van der Waals surface area contributed by atoms with E-state index in [2.05, 4.69) is 15.1 Å². The minimum absolute atomic E-state index is 0.0702. The number of pyridine rings is 1. The van der Waals surface area contributed by atoms with Gasteiger partial charge >= 0.3 is 0 Å². The molecule has 192 valence electrons. The third kappa shape index (κ3) is 5.09. The number of carbonyl (C=O) groups excluding carboxylic acids is 1. The maximum atomic E-state index is 14.1. The molecule has 1 saturated carbocycles. The molecule has 2 aromatic heterocycles. The Hall–Kier alpha value is -3.02. The summed E-state index contributed by atoms with van der Waals surface area (Å²) in [6.07, 6.45) is 5.58. The first-order valence-electron chi connectivity index (χ1n) is 11.6. The van der Waals surface area contributed by atoms with Gasteiger partial charge in [0.05, 0.1) is 11.7 Å². The molecule has 4 rings (SSSR count). The maximum Gasteiger partial charge on any atom is 0.234 e. The van der Waals surface area contributed by atoms with Gasteiger partial charge in [-0.1, -0.05) is 17.4 Å². The Morgan fingerprint density at radius 2 is 2.00 bits per heavy atom. The minimum Gasteiger partial charge on any atom is -0.503 e. The summed E-state index contributed by atoms with van der Waals surface area (Å²) in [6.45, 7) is 0.373. The summed E-state index contributed by atoms with van der Waals surface area (Å²) in [6, 6.07) is 3.30. The van der Waals surface area contributed by atoms with Crippen molar-refractivity contribution in [1.29, 1.82) is 0 Å². The van der Waals surface area contributed by atoms with Crippen LogP contribution in [0.2, 0.25) is 0 Å². The van der Waals surface area contributed by atoms with Crippen LogP contribution in [0.3, 0.4) is 0 Å². The number of carbonyl (C=O) groups is 1. The van der Waals surface area contributed by atoms with Crippen LogP contribution in [0.25, 0.3) is 10.6 Å². The number of hydrogen-bond acceptors (Lipinski definition) is 8. The molecule has 0 amide bonds. The van der Waals surface area contributed by atoms with Gasteiger partial charge in [-0.3, -0.25) is 9.59 Å². The van der Waals surface area contributed by atoms with Crippen molar-refractivity contribution in [3.8, 4) is 16.3 Å². The van der Waals surface area contributed by atoms with Crippen molar-refractivity contribution >= 4 is 17.6 Å². The topological polar surface area (TPSA) is 97.5 Å². The van der Waals surface area contributed by atoms with Crippen molar-refractivity contribution in [1.82, 2.24) is 19.7 Å². The molecule has 0 unspecified atom stereocenters. The van der Waals surface area contributed by atoms with Crippen LogP contribution in [0.5, 0.6) is 5.75 Å². The summed E-state index contributed by atoms with van der Waals surface area (Å²) in [5.74, 6) is -2.02. The number of aldehydes is 1. The zero-order valence-electron chi connectivity index (χ0n) is 20.3. The Bertz CT molecular complexity index is 1320. The van der Waals surface area contributed by atoms with Gasteiger partial charge in [-0.2, -0.15) is 0 Å². The van der Waals surface area contributed by atoms with Gasteiger partial charge in [-0.15, -0.1) is 10.2 Å². The molecule has 0 saturated heterocycles. The second-order valence-electron chi connectivity index (χ2n) is 9.32. The van der Waals surface area contributed by atoms with Crippen LogP contribution in [-0.4, -0.2) is 63.9 Å². The van der Waals surface area contributed by atoms with Gasteiger partial charge in [-0.25, -0.2) is 8.78 Å². The predicted molar refractivity (Wildman–Crippen MR) is 132 cm³/mol. The van der Waals surface area contributed by atoms with Crippen LogP contribution in [0.1, 0.15) is 46.7 Å². The molecule has 0 atom stereocenters. The van der Waals surface area contributed by atoms with E-state index in [4.69, 9.17) is 4.74 Å². The Labute approximate surface area is 211 Å². The molecule has 8 nitrogen and oxygen atoms in total. The molecule has 1 aromatic carbocycles. The lowest BCUT2D eigenvalue weighted by atomic mass is 9.79. The quantitative estimate of drug-likeness (QED) is 0.455. The van der Waals surface area contributed by atoms with Gasteiger partial charge in [0.25, 0.3) is 0 Å². The summed E-state index contributed by atoms with van der Waals surface area (Å²) in [4.78, 5) is 26.9. The Balaban J connectivity index is 1.69. The molecular weight excluding hydrogens is 490 g/mol. The average Bonchev–Trinajstić information content (AvgIpc) is 3.32. The lowest BCUT2D eigenvalue weighted by molar-refractivity contribution is 0.000359. The summed E-state index contributed by atoms with van der Waals surface area (Å²) in [5, 5.41) is 19.4. The predicted octanol–water partition coefficient (Wildman–Crippen LogP) is 3.64. The number of methoxy groups -OCH3 is 1. The lowest BCUT2D eigenvalue weighted by Crippen LogP contribution is -2.51. The Morgan fingerprint density at radius 1 is 1.28 bits per heavy atom. The van der Waals surface area contributed by atoms with Crippen molar-refractivity contribution in [3.63, 3.8) is 0 Å². The van der Waals surface area contributed by atoms with Crippen molar-refractivity contribution in [2.45, 2.75) is 50.3 Å². The number of aromatic nitrogens is 3. The van der Waals surface area contributed by atoms with Crippen LogP contribution in [0.4, 0.5) is 8.78 Å². The molecule has 2 heterocycles. The van der Waals surface area contributed by atoms with Crippen molar-refractivity contribution in [2.75, 3.05) is 21.2 Å². The fourth-order valence-electron chi connectivity index (χ4n) is 4.76. The minimum atomic E-state index is -0.731. The van der Waals surface area contributed by atoms with E-state index in [-0.39, 0.29) is 39.9 Å². The summed E-state index contributed by atoms with van der Waals surface area (Å²) >= 11 is 1.07. The molecule has 1 aliphatic carbocycles. The fraction of sp³-hybridized carbons (Fsp3) is 0.440. The highest BCUT2D eigenvalue weighted by Gasteiger charge is 2.38. The molecule has 3 aromatic rings. The van der Waals surface area contributed by atoms with Gasteiger partial charge < -0.3 is 19.3 Å². The number of aromatic hydroxyl groups is 1. The zero-order chi connectivity index (χ0) is 26.0. The van der Waals surface area contributed by atoms with Crippen molar-refractivity contribution in [3.05, 3.63) is 62.5 Å². The van der Waals surface area contributed by atoms with Crippen LogP contribution in [-0.2, 0) is 17.7 Å². The molecular formula is C25H28F2N4O4S. The Morgan fingerprint density at radius 3 is 2.61 bits per heavy atom. The number of nitrogens with zero attached hydrogens (tertiary/aromatic N) is 4. The van der Waals surface area contributed by atoms with E-state index in [0.717, 1.165) is 49.2 Å². The van der Waals surface area contributed by atoms with E-state index in [1.54, 1.807) is 11.7 Å². The van der Waals surface area contributed by atoms with Crippen LogP contribution < -0.4 is 5.43 Å². The van der Waals surface area contributed by atoms with E-state index in [9.17, 15) is 23.5 Å². The van der Waals surface area contributed by atoms with Crippen LogP contribution in [0, 0.1) is 11.6 Å². The second-order valence-corrected chi connectivity index (χ2v) is 10.4. The van der Waals surface area contributed by atoms with E-state index in [0.29, 0.717) is 17.8 Å². The molecule has 36 heavy (non-hydrogen) atoms. The summed E-state index contributed by atoms with van der Waals surface area (Å²) in [7, 11) is 5.65. The smallest absolute Gasteiger partial charge is 0.234 e. The Kier molecular flexibility index (Phi) is 7.62. The third-order valence-corrected chi connectivity index (χ3v) is 8.03. The third-order valence-electron chi connectivity index (χ3n) is 7.07. The van der Waals surface area contributed by atoms with Gasteiger partial charge in [-0.05, 0) is 51.4 Å². The number of halogens is 2. The highest BCUT2D eigenvalue weighted by molar-refractivity contribution is 7.14. The first-order chi connectivity index (χ1) is 17.2. The summed E-state index contributed by atoms with van der Waals surface area (Å²) in [5.41, 5.74) is -0.794. The highest BCUT2D eigenvalue weighted by Crippen LogP contribution is 2.36. The van der Waals surface area contributed by atoms with Gasteiger partial charge in [0.15, 0.2) is 17.0 Å². The zero-order valence-corrected chi connectivity index (χ0v) is 21.1. The SMILES string of the molecule is COC1CCC(Cn2cc(-c3nnc(Cc4ccc(F)cc4F)s3)c(=O)c(O)c2C=O)(N(C)C)CC1. The fourth-order valence-corrected chi connectivity index (χ4v) is 5.63. The van der Waals surface area contributed by atoms with Gasteiger partial charge in [0, 0.05) is 37.9 Å². The summed E-state index contributed by atoms with van der Waals surface area (Å²) < 4.78 is 34.4. The van der Waals surface area contributed by atoms with Gasteiger partial charge in [0.2, 0.25) is 5.43 Å². The van der Waals surface area contributed by atoms with Crippen LogP contribution >= 0.6 is 11.3 Å². The standard InChI is InChI=1S/C25H28F2N4O4S/c1-30(2)25(8-6-17(35-3)7-9-25)14-31-12-18(22(33)23(34)20(31)13-32)24-29-28-21(36-24)10-15-4-5-16(26)11-19(15)27/h4-5,11-13,17,34H,6-10,14H2,1-3H3. The largest absolute Gasteiger partial charge is 0.503 e. The molecule has 1 aliphatic rings. The van der Waals surface area contributed by atoms with Crippen molar-refractivity contribution < 1.29 is 23.4 Å². The molecule has 0 aliphatic heterocycles. The molecule has 0 spiro atoms. The highest BCUT2D eigenvalue weighted by atomic mass is 32.1. The lowest BCUT2D eigenvalue weighted by Gasteiger charge is -2.45. The monoisotopic (exact) mass is 518 g/mol.